The molecule has 0 atom stereocenters. The number of terminal acetylenes is 1. The Kier molecular flexibility index (Phi) is 6.73. The second-order valence-corrected chi connectivity index (χ2v) is 10.3. The number of anilines is 1. The first-order chi connectivity index (χ1) is 17.5. The molecule has 4 aliphatic carbocycles. The molecule has 2 aromatic rings. The molecule has 2 aromatic carbocycles. The number of hydrogen-bond donors (Lipinski definition) is 1. The summed E-state index contributed by atoms with van der Waals surface area (Å²) in [6.45, 7) is 0.0132. The Morgan fingerprint density at radius 3 is 2.33 bits per heavy atom. The number of benzene rings is 2. The van der Waals surface area contributed by atoms with Gasteiger partial charge in [-0.2, -0.15) is 0 Å². The molecule has 0 aliphatic heterocycles. The van der Waals surface area contributed by atoms with Crippen molar-refractivity contribution < 1.29 is 23.8 Å². The van der Waals surface area contributed by atoms with Gasteiger partial charge in [0.25, 0.3) is 5.91 Å². The van der Waals surface area contributed by atoms with Gasteiger partial charge in [-0.1, -0.05) is 18.1 Å². The third-order valence-corrected chi connectivity index (χ3v) is 7.89. The SMILES string of the molecule is C#CCOc1ccc(NC(=O)C=COc2ccc(C34CC5CC(CC(C5)C3)C4)cc2)cc1C(=O)OC. The van der Waals surface area contributed by atoms with E-state index in [0.29, 0.717) is 16.9 Å². The summed E-state index contributed by atoms with van der Waals surface area (Å²) in [4.78, 5) is 24.4. The Hall–Kier alpha value is -3.72. The molecule has 4 aliphatic rings. The molecule has 6 heteroatoms. The highest BCUT2D eigenvalue weighted by molar-refractivity contribution is 6.01. The van der Waals surface area contributed by atoms with Gasteiger partial charge in [0, 0.05) is 11.8 Å². The fourth-order valence-corrected chi connectivity index (χ4v) is 6.83. The standard InChI is InChI=1S/C30H31NO5/c1-3-11-36-27-9-6-24(16-26(27)29(33)34-2)31-28(32)10-12-35-25-7-4-23(5-8-25)30-17-20-13-21(18-30)15-22(14-20)19-30/h1,4-10,12,16,20-22H,11,13-15,17-19H2,2H3,(H,31,32). The maximum absolute atomic E-state index is 12.4. The molecule has 0 saturated heterocycles. The van der Waals surface area contributed by atoms with Crippen LogP contribution in [0.4, 0.5) is 5.69 Å². The van der Waals surface area contributed by atoms with E-state index in [1.54, 1.807) is 12.1 Å². The summed E-state index contributed by atoms with van der Waals surface area (Å²) in [6, 6.07) is 13.1. The lowest BCUT2D eigenvalue weighted by Gasteiger charge is -2.57. The number of nitrogens with one attached hydrogen (secondary N) is 1. The molecule has 6 nitrogen and oxygen atoms in total. The van der Waals surface area contributed by atoms with E-state index in [1.807, 2.05) is 12.1 Å². The normalized spacial score (nSPS) is 25.8. The van der Waals surface area contributed by atoms with Gasteiger partial charge in [-0.25, -0.2) is 4.79 Å². The molecule has 0 unspecified atom stereocenters. The van der Waals surface area contributed by atoms with Crippen LogP contribution < -0.4 is 14.8 Å². The summed E-state index contributed by atoms with van der Waals surface area (Å²) in [5.74, 6) is 5.06. The van der Waals surface area contributed by atoms with Crippen LogP contribution in [0, 0.1) is 30.1 Å². The Morgan fingerprint density at radius 1 is 1.06 bits per heavy atom. The quantitative estimate of drug-likeness (QED) is 0.232. The zero-order valence-corrected chi connectivity index (χ0v) is 20.5. The second kappa shape index (κ2) is 10.1. The van der Waals surface area contributed by atoms with Gasteiger partial charge in [0.1, 0.15) is 23.7 Å². The highest BCUT2D eigenvalue weighted by Gasteiger charge is 2.51. The van der Waals surface area contributed by atoms with Gasteiger partial charge in [-0.15, -0.1) is 6.42 Å². The molecule has 0 radical (unpaired) electrons. The Balaban J connectivity index is 1.18. The third-order valence-electron chi connectivity index (χ3n) is 7.89. The number of carbonyl (C=O) groups is 2. The van der Waals surface area contributed by atoms with Crippen LogP contribution in [0.15, 0.2) is 54.8 Å². The number of carbonyl (C=O) groups excluding carboxylic acids is 2. The summed E-state index contributed by atoms with van der Waals surface area (Å²) in [6.07, 6.45) is 16.2. The van der Waals surface area contributed by atoms with Gasteiger partial charge in [0.05, 0.1) is 13.4 Å². The molecule has 6 rings (SSSR count). The lowest BCUT2D eigenvalue weighted by Crippen LogP contribution is -2.48. The van der Waals surface area contributed by atoms with Crippen molar-refractivity contribution in [2.75, 3.05) is 19.0 Å². The molecular weight excluding hydrogens is 454 g/mol. The third kappa shape index (κ3) is 4.97. The van der Waals surface area contributed by atoms with Crippen LogP contribution in [0.3, 0.4) is 0 Å². The number of esters is 1. The van der Waals surface area contributed by atoms with Crippen molar-refractivity contribution in [3.05, 3.63) is 65.9 Å². The summed E-state index contributed by atoms with van der Waals surface area (Å²) < 4.78 is 15.8. The molecule has 4 saturated carbocycles. The van der Waals surface area contributed by atoms with E-state index < -0.39 is 11.9 Å². The fraction of sp³-hybridized carbons (Fsp3) is 0.400. The molecule has 1 N–H and O–H groups in total. The monoisotopic (exact) mass is 485 g/mol. The lowest BCUT2D eigenvalue weighted by atomic mass is 9.48. The van der Waals surface area contributed by atoms with Crippen molar-refractivity contribution in [1.29, 1.82) is 0 Å². The first-order valence-corrected chi connectivity index (χ1v) is 12.5. The Morgan fingerprint density at radius 2 is 1.72 bits per heavy atom. The largest absolute Gasteiger partial charge is 0.480 e. The molecule has 186 valence electrons. The van der Waals surface area contributed by atoms with Crippen LogP contribution in [0.25, 0.3) is 0 Å². The van der Waals surface area contributed by atoms with Crippen LogP contribution in [0.1, 0.15) is 54.4 Å². The second-order valence-electron chi connectivity index (χ2n) is 10.3. The predicted octanol–water partition coefficient (Wildman–Crippen LogP) is 5.48. The zero-order chi connectivity index (χ0) is 25.1. The molecule has 4 fully saturated rings. The number of hydrogen-bond acceptors (Lipinski definition) is 5. The van der Waals surface area contributed by atoms with Gasteiger partial charge in [-0.05, 0) is 97.6 Å². The Bertz CT molecular complexity index is 1170. The van der Waals surface area contributed by atoms with E-state index in [9.17, 15) is 9.59 Å². The van der Waals surface area contributed by atoms with Crippen molar-refractivity contribution in [2.45, 2.75) is 43.9 Å². The maximum Gasteiger partial charge on any atom is 0.341 e. The molecule has 0 aromatic heterocycles. The summed E-state index contributed by atoms with van der Waals surface area (Å²) >= 11 is 0. The van der Waals surface area contributed by atoms with Crippen molar-refractivity contribution in [2.24, 2.45) is 17.8 Å². The number of methoxy groups -OCH3 is 1. The number of rotatable bonds is 8. The van der Waals surface area contributed by atoms with Gasteiger partial charge >= 0.3 is 5.97 Å². The minimum atomic E-state index is -0.589. The van der Waals surface area contributed by atoms with E-state index in [0.717, 1.165) is 17.8 Å². The summed E-state index contributed by atoms with van der Waals surface area (Å²) in [5.41, 5.74) is 2.38. The molecule has 0 heterocycles. The highest BCUT2D eigenvalue weighted by atomic mass is 16.5. The van der Waals surface area contributed by atoms with E-state index in [2.05, 4.69) is 23.4 Å². The van der Waals surface area contributed by atoms with Gasteiger partial charge in [-0.3, -0.25) is 4.79 Å². The topological polar surface area (TPSA) is 73.9 Å². The number of amides is 1. The maximum atomic E-state index is 12.4. The first kappa shape index (κ1) is 24.0. The van der Waals surface area contributed by atoms with Crippen LogP contribution in [-0.2, 0) is 14.9 Å². The average Bonchev–Trinajstić information content (AvgIpc) is 2.87. The molecule has 1 amide bonds. The smallest absolute Gasteiger partial charge is 0.341 e. The van der Waals surface area contributed by atoms with E-state index >= 15 is 0 Å². The van der Waals surface area contributed by atoms with E-state index in [-0.39, 0.29) is 17.9 Å². The Labute approximate surface area is 212 Å². The fourth-order valence-electron chi connectivity index (χ4n) is 6.83. The molecule has 36 heavy (non-hydrogen) atoms. The van der Waals surface area contributed by atoms with Crippen LogP contribution in [0.2, 0.25) is 0 Å². The van der Waals surface area contributed by atoms with Crippen LogP contribution >= 0.6 is 0 Å². The molecular formula is C30H31NO5. The van der Waals surface area contributed by atoms with E-state index in [4.69, 9.17) is 20.6 Å². The minimum absolute atomic E-state index is 0.0132. The lowest BCUT2D eigenvalue weighted by molar-refractivity contribution is -0.112. The molecule has 0 spiro atoms. The van der Waals surface area contributed by atoms with Gasteiger partial charge in [0.15, 0.2) is 0 Å². The number of ether oxygens (including phenoxy) is 3. The van der Waals surface area contributed by atoms with Gasteiger partial charge in [0.2, 0.25) is 0 Å². The summed E-state index contributed by atoms with van der Waals surface area (Å²) in [7, 11) is 1.27. The molecule has 4 bridgehead atoms. The van der Waals surface area contributed by atoms with Crippen molar-refractivity contribution in [3.8, 4) is 23.8 Å². The van der Waals surface area contributed by atoms with Crippen LogP contribution in [-0.4, -0.2) is 25.6 Å². The van der Waals surface area contributed by atoms with Crippen molar-refractivity contribution in [3.63, 3.8) is 0 Å². The average molecular weight is 486 g/mol. The van der Waals surface area contributed by atoms with Crippen molar-refractivity contribution >= 4 is 17.6 Å². The van der Waals surface area contributed by atoms with Gasteiger partial charge < -0.3 is 19.5 Å². The van der Waals surface area contributed by atoms with Crippen LogP contribution in [0.5, 0.6) is 11.5 Å². The summed E-state index contributed by atoms with van der Waals surface area (Å²) in [5, 5.41) is 2.70. The van der Waals surface area contributed by atoms with E-state index in [1.165, 1.54) is 69.6 Å². The minimum Gasteiger partial charge on any atom is -0.480 e. The highest BCUT2D eigenvalue weighted by Crippen LogP contribution is 2.60. The predicted molar refractivity (Wildman–Crippen MR) is 137 cm³/mol. The first-order valence-electron chi connectivity index (χ1n) is 12.5. The zero-order valence-electron chi connectivity index (χ0n) is 20.5. The van der Waals surface area contributed by atoms with Crippen molar-refractivity contribution in [1.82, 2.24) is 0 Å².